The highest BCUT2D eigenvalue weighted by Crippen LogP contribution is 2.22. The van der Waals surface area contributed by atoms with Crippen LogP contribution in [0.3, 0.4) is 0 Å². The molecule has 1 N–H and O–H groups in total. The molecule has 0 aliphatic heterocycles. The van der Waals surface area contributed by atoms with Crippen molar-refractivity contribution >= 4 is 21.8 Å². The highest BCUT2D eigenvalue weighted by molar-refractivity contribution is 7.87. The van der Waals surface area contributed by atoms with E-state index >= 15 is 0 Å². The lowest BCUT2D eigenvalue weighted by atomic mass is 10.1. The van der Waals surface area contributed by atoms with Gasteiger partial charge < -0.3 is 19.1 Å². The van der Waals surface area contributed by atoms with Gasteiger partial charge in [0.2, 0.25) is 0 Å². The molecule has 180 valence electrons. The number of nitrogens with one attached hydrogen (secondary N) is 1. The van der Waals surface area contributed by atoms with Crippen molar-refractivity contribution in [3.8, 4) is 11.5 Å². The maximum Gasteiger partial charge on any atom is 0.339 e. The third-order valence-electron chi connectivity index (χ3n) is 5.31. The molecule has 0 aliphatic rings. The molecule has 0 saturated carbocycles. The smallest absolute Gasteiger partial charge is 0.339 e. The Kier molecular flexibility index (Phi) is 8.12. The minimum atomic E-state index is -4.09. The normalized spacial score (nSPS) is 12.0. The summed E-state index contributed by atoms with van der Waals surface area (Å²) >= 11 is 0. The van der Waals surface area contributed by atoms with Crippen LogP contribution in [0.25, 0.3) is 0 Å². The molecule has 1 unspecified atom stereocenters. The first kappa shape index (κ1) is 25.0. The number of hydrogen-bond acceptors (Lipinski definition) is 5. The number of methoxy groups -OCH3 is 1. The number of anilines is 1. The lowest BCUT2D eigenvalue weighted by Gasteiger charge is -2.29. The first-order valence-electron chi connectivity index (χ1n) is 10.7. The number of nitrogens with zero attached hydrogens (tertiary/aromatic N) is 1. The summed E-state index contributed by atoms with van der Waals surface area (Å²) in [6.07, 6.45) is 0.757. The minimum Gasteiger partial charge on any atom is -0.497 e. The van der Waals surface area contributed by atoms with Crippen LogP contribution < -0.4 is 14.2 Å². The summed E-state index contributed by atoms with van der Waals surface area (Å²) in [6.45, 7) is 4.28. The molecule has 0 heterocycles. The van der Waals surface area contributed by atoms with Crippen LogP contribution in [0.4, 0.5) is 14.9 Å². The van der Waals surface area contributed by atoms with E-state index in [-0.39, 0.29) is 22.7 Å². The zero-order valence-electron chi connectivity index (χ0n) is 19.2. The van der Waals surface area contributed by atoms with Crippen molar-refractivity contribution in [2.75, 3.05) is 12.4 Å². The molecule has 3 rings (SSSR count). The monoisotopic (exact) mass is 486 g/mol. The molecule has 1 atom stereocenters. The fourth-order valence-electron chi connectivity index (χ4n) is 3.14. The van der Waals surface area contributed by atoms with Crippen LogP contribution in [0.5, 0.6) is 11.5 Å². The number of carbonyl (C=O) groups excluding carboxylic acids is 1. The zero-order valence-corrected chi connectivity index (χ0v) is 20.0. The molecule has 9 heteroatoms. The van der Waals surface area contributed by atoms with E-state index in [0.29, 0.717) is 18.0 Å². The van der Waals surface area contributed by atoms with Gasteiger partial charge in [-0.25, -0.2) is 9.18 Å². The molecule has 3 aromatic rings. The Morgan fingerprint density at radius 1 is 0.971 bits per heavy atom. The Morgan fingerprint density at radius 3 is 2.12 bits per heavy atom. The van der Waals surface area contributed by atoms with Gasteiger partial charge in [0.1, 0.15) is 22.2 Å². The first-order chi connectivity index (χ1) is 16.2. The molecule has 3 aromatic carbocycles. The number of urea groups is 1. The van der Waals surface area contributed by atoms with Crippen molar-refractivity contribution in [1.29, 1.82) is 0 Å². The number of benzene rings is 3. The van der Waals surface area contributed by atoms with Crippen molar-refractivity contribution in [2.45, 2.75) is 37.8 Å². The molecule has 0 fully saturated rings. The summed E-state index contributed by atoms with van der Waals surface area (Å²) < 4.78 is 48.1. The lowest BCUT2D eigenvalue weighted by molar-refractivity contribution is 0.187. The zero-order chi connectivity index (χ0) is 24.7. The van der Waals surface area contributed by atoms with Gasteiger partial charge in [0.05, 0.1) is 7.11 Å². The van der Waals surface area contributed by atoms with Gasteiger partial charge in [0.15, 0.2) is 0 Å². The van der Waals surface area contributed by atoms with Crippen LogP contribution in [0.1, 0.15) is 25.8 Å². The van der Waals surface area contributed by atoms with Crippen LogP contribution in [0, 0.1) is 5.82 Å². The number of carbonyl (C=O) groups is 1. The number of rotatable bonds is 9. The number of ether oxygens (including phenoxy) is 1. The summed E-state index contributed by atoms with van der Waals surface area (Å²) in [5, 5.41) is 2.89. The fourth-order valence-corrected chi connectivity index (χ4v) is 4.07. The van der Waals surface area contributed by atoms with Gasteiger partial charge in [-0.3, -0.25) is 0 Å². The van der Waals surface area contributed by atoms with Crippen LogP contribution in [-0.4, -0.2) is 32.5 Å². The number of amides is 2. The molecule has 34 heavy (non-hydrogen) atoms. The third kappa shape index (κ3) is 6.48. The Labute approximate surface area is 199 Å². The lowest BCUT2D eigenvalue weighted by Crippen LogP contribution is -2.40. The van der Waals surface area contributed by atoms with E-state index in [4.69, 9.17) is 8.92 Å². The van der Waals surface area contributed by atoms with Crippen LogP contribution >= 0.6 is 0 Å². The molecule has 0 aliphatic carbocycles. The van der Waals surface area contributed by atoms with Gasteiger partial charge in [-0.15, -0.1) is 0 Å². The first-order valence-corrected chi connectivity index (χ1v) is 12.1. The van der Waals surface area contributed by atoms with Crippen molar-refractivity contribution in [1.82, 2.24) is 4.90 Å². The summed E-state index contributed by atoms with van der Waals surface area (Å²) in [4.78, 5) is 14.5. The number of halogens is 1. The summed E-state index contributed by atoms with van der Waals surface area (Å²) in [6, 6.07) is 17.6. The average molecular weight is 487 g/mol. The summed E-state index contributed by atoms with van der Waals surface area (Å²) in [5.74, 6) is 0.275. The van der Waals surface area contributed by atoms with Crippen molar-refractivity contribution in [3.63, 3.8) is 0 Å². The van der Waals surface area contributed by atoms with Gasteiger partial charge >= 0.3 is 16.1 Å². The van der Waals surface area contributed by atoms with E-state index < -0.39 is 15.9 Å². The quantitative estimate of drug-likeness (QED) is 0.408. The summed E-state index contributed by atoms with van der Waals surface area (Å²) in [7, 11) is -2.51. The Bertz CT molecular complexity index is 1200. The van der Waals surface area contributed by atoms with E-state index in [1.165, 1.54) is 12.1 Å². The van der Waals surface area contributed by atoms with Crippen molar-refractivity contribution in [3.05, 3.63) is 84.2 Å². The third-order valence-corrected chi connectivity index (χ3v) is 6.57. The van der Waals surface area contributed by atoms with Crippen LogP contribution in [0.15, 0.2) is 77.7 Å². The van der Waals surface area contributed by atoms with E-state index in [2.05, 4.69) is 5.32 Å². The SMILES string of the molecule is CCC(C)N(Cc1ccc(OS(=O)(=O)c2ccc(F)cc2)cc1)C(=O)Nc1ccc(OC)cc1. The van der Waals surface area contributed by atoms with Gasteiger partial charge in [0.25, 0.3) is 0 Å². The molecule has 0 aromatic heterocycles. The predicted molar refractivity (Wildman–Crippen MR) is 128 cm³/mol. The molecule has 0 spiro atoms. The fraction of sp³-hybridized carbons (Fsp3) is 0.240. The van der Waals surface area contributed by atoms with E-state index in [1.807, 2.05) is 13.8 Å². The minimum absolute atomic E-state index is 0.0342. The standard InChI is InChI=1S/C25H27FN2O5S/c1-4-18(2)28(25(29)27-21-9-13-22(32-3)14-10-21)17-19-5-11-23(12-6-19)33-34(30,31)24-15-7-20(26)8-16-24/h5-16,18H,4,17H2,1-3H3,(H,27,29). The highest BCUT2D eigenvalue weighted by atomic mass is 32.2. The molecule has 2 amide bonds. The van der Waals surface area contributed by atoms with Gasteiger partial charge in [0, 0.05) is 18.3 Å². The highest BCUT2D eigenvalue weighted by Gasteiger charge is 2.20. The molecule has 0 bridgehead atoms. The van der Waals surface area contributed by atoms with Crippen LogP contribution in [-0.2, 0) is 16.7 Å². The molecule has 7 nitrogen and oxygen atoms in total. The second kappa shape index (κ2) is 11.0. The van der Waals surface area contributed by atoms with Gasteiger partial charge in [-0.05, 0) is 79.6 Å². The van der Waals surface area contributed by atoms with E-state index in [1.54, 1.807) is 48.4 Å². The summed E-state index contributed by atoms with van der Waals surface area (Å²) in [5.41, 5.74) is 1.45. The van der Waals surface area contributed by atoms with Crippen LogP contribution in [0.2, 0.25) is 0 Å². The molecule has 0 radical (unpaired) electrons. The predicted octanol–water partition coefficient (Wildman–Crippen LogP) is 5.43. The van der Waals surface area contributed by atoms with Gasteiger partial charge in [-0.1, -0.05) is 19.1 Å². The maximum absolute atomic E-state index is 13.1. The Hall–Kier alpha value is -3.59. The van der Waals surface area contributed by atoms with E-state index in [0.717, 1.165) is 36.2 Å². The van der Waals surface area contributed by atoms with Crippen molar-refractivity contribution < 1.29 is 26.5 Å². The van der Waals surface area contributed by atoms with E-state index in [9.17, 15) is 17.6 Å². The molecular formula is C25H27FN2O5S. The number of hydrogen-bond donors (Lipinski definition) is 1. The Morgan fingerprint density at radius 2 is 1.56 bits per heavy atom. The Balaban J connectivity index is 1.69. The maximum atomic E-state index is 13.1. The topological polar surface area (TPSA) is 84.9 Å². The molecular weight excluding hydrogens is 459 g/mol. The largest absolute Gasteiger partial charge is 0.497 e. The molecule has 0 saturated heterocycles. The average Bonchev–Trinajstić information content (AvgIpc) is 2.83. The second-order valence-corrected chi connectivity index (χ2v) is 9.23. The van der Waals surface area contributed by atoms with Gasteiger partial charge in [-0.2, -0.15) is 8.42 Å². The second-order valence-electron chi connectivity index (χ2n) is 7.68. The van der Waals surface area contributed by atoms with Crippen molar-refractivity contribution in [2.24, 2.45) is 0 Å².